The van der Waals surface area contributed by atoms with Gasteiger partial charge in [0.05, 0.1) is 0 Å². The van der Waals surface area contributed by atoms with Crippen LogP contribution in [0.15, 0.2) is 0 Å². The van der Waals surface area contributed by atoms with Crippen molar-refractivity contribution in [2.45, 2.75) is 212 Å². The number of hydrogen-bond donors (Lipinski definition) is 2. The van der Waals surface area contributed by atoms with Crippen LogP contribution < -0.4 is 29.6 Å². The predicted molar refractivity (Wildman–Crippen MR) is 173 cm³/mol. The first-order chi connectivity index (χ1) is 19.4. The smallest absolute Gasteiger partial charge is 0.542 e. The molecule has 0 amide bonds. The maximum Gasteiger partial charge on any atom is 1.00 e. The zero-order chi connectivity index (χ0) is 29.8. The second kappa shape index (κ2) is 40.5. The molecule has 242 valence electrons. The Kier molecular flexibility index (Phi) is 45.4. The number of rotatable bonds is 32. The standard InChI is InChI=1S/C34H67O.Na.H2O4S/c1-2-3-4-5-6-7-8-9-10-11-12-13-14-15-16-17-18-19-20-21-22-23-24-25-26-27-28-29-30-31-32-33-34-35;;1-5(2,3)4/h2-33H2,1H3;;(H2,1,2,3,4)/q-1;+1;. The second-order valence-corrected chi connectivity index (χ2v) is 12.8. The van der Waals surface area contributed by atoms with Crippen LogP contribution in [0.25, 0.3) is 0 Å². The van der Waals surface area contributed by atoms with Gasteiger partial charge in [0.15, 0.2) is 0 Å². The minimum Gasteiger partial charge on any atom is -0.542 e. The molecule has 0 aliphatic heterocycles. The molecule has 0 aromatic rings. The van der Waals surface area contributed by atoms with Gasteiger partial charge < -0.3 is 4.79 Å². The molecule has 7 heteroatoms. The van der Waals surface area contributed by atoms with Gasteiger partial charge in [0, 0.05) is 0 Å². The van der Waals surface area contributed by atoms with Crippen LogP contribution in [0.2, 0.25) is 0 Å². The summed E-state index contributed by atoms with van der Waals surface area (Å²) in [6.07, 6.45) is 47.1. The predicted octanol–water partition coefficient (Wildman–Crippen LogP) is 8.95. The Hall–Kier alpha value is 0.540. The Labute approximate surface area is 279 Å². The van der Waals surface area contributed by atoms with E-state index in [1.165, 1.54) is 193 Å². The molecule has 0 bridgehead atoms. The van der Waals surface area contributed by atoms with Gasteiger partial charge in [-0.1, -0.05) is 206 Å². The Morgan fingerprint density at radius 2 is 0.537 bits per heavy atom. The third kappa shape index (κ3) is 56.9. The molecule has 0 aliphatic carbocycles. The number of unbranched alkanes of at least 4 members (excludes halogenated alkanes) is 31. The maximum absolute atomic E-state index is 10.1. The summed E-state index contributed by atoms with van der Waals surface area (Å²) < 4.78 is 31.6. The van der Waals surface area contributed by atoms with E-state index in [0.717, 1.165) is 6.42 Å². The van der Waals surface area contributed by atoms with Crippen LogP contribution in [-0.4, -0.2) is 23.8 Å². The van der Waals surface area contributed by atoms with Crippen LogP contribution in [0, 0.1) is 0 Å². The molecule has 0 saturated heterocycles. The summed E-state index contributed by atoms with van der Waals surface area (Å²) in [5, 5.41) is 0. The van der Waals surface area contributed by atoms with Crippen LogP contribution in [0.3, 0.4) is 0 Å². The summed E-state index contributed by atoms with van der Waals surface area (Å²) in [5.41, 5.74) is 0. The molecule has 0 saturated carbocycles. The van der Waals surface area contributed by atoms with E-state index in [-0.39, 0.29) is 29.6 Å². The average Bonchev–Trinajstić information content (AvgIpc) is 2.91. The van der Waals surface area contributed by atoms with E-state index in [4.69, 9.17) is 17.5 Å². The molecule has 0 fully saturated rings. The third-order valence-corrected chi connectivity index (χ3v) is 7.88. The molecule has 0 aromatic heterocycles. The zero-order valence-corrected chi connectivity index (χ0v) is 30.5. The van der Waals surface area contributed by atoms with E-state index in [1.54, 1.807) is 0 Å². The monoisotopic (exact) mass is 612 g/mol. The minimum atomic E-state index is -4.67. The molecule has 2 N–H and O–H groups in total. The van der Waals surface area contributed by atoms with Gasteiger partial charge in [-0.2, -0.15) is 14.8 Å². The van der Waals surface area contributed by atoms with E-state index >= 15 is 0 Å². The molecule has 0 aromatic carbocycles. The van der Waals surface area contributed by atoms with E-state index in [2.05, 4.69) is 6.92 Å². The van der Waals surface area contributed by atoms with Gasteiger partial charge in [-0.15, -0.1) is 0 Å². The molecule has 0 heterocycles. The van der Waals surface area contributed by atoms with E-state index in [0.29, 0.717) is 6.42 Å². The van der Waals surface area contributed by atoms with Crippen LogP contribution in [-0.2, 0) is 15.2 Å². The quantitative estimate of drug-likeness (QED) is 0.0342. The van der Waals surface area contributed by atoms with Crippen molar-refractivity contribution in [3.05, 3.63) is 0 Å². The summed E-state index contributed by atoms with van der Waals surface area (Å²) in [7, 11) is -4.67. The van der Waals surface area contributed by atoms with Gasteiger partial charge in [-0.25, -0.2) is 0 Å². The van der Waals surface area contributed by atoms with Crippen molar-refractivity contribution < 1.29 is 51.9 Å². The summed E-state index contributed by atoms with van der Waals surface area (Å²) >= 11 is 0. The first-order valence-electron chi connectivity index (χ1n) is 17.5. The van der Waals surface area contributed by atoms with E-state index in [9.17, 15) is 4.79 Å². The molecule has 0 unspecified atom stereocenters. The largest absolute Gasteiger partial charge is 1.00 e. The maximum atomic E-state index is 10.1. The summed E-state index contributed by atoms with van der Waals surface area (Å²) in [4.78, 5) is 10.1. The Balaban J connectivity index is -0.00000220. The van der Waals surface area contributed by atoms with Crippen LogP contribution in [0.1, 0.15) is 212 Å². The van der Waals surface area contributed by atoms with E-state index < -0.39 is 10.4 Å². The number of hydrogen-bond acceptors (Lipinski definition) is 3. The van der Waals surface area contributed by atoms with E-state index in [1.807, 2.05) is 6.29 Å². The molecule has 0 spiro atoms. The van der Waals surface area contributed by atoms with Crippen LogP contribution in [0.4, 0.5) is 0 Å². The van der Waals surface area contributed by atoms with Crippen molar-refractivity contribution in [1.82, 2.24) is 0 Å². The molecular weight excluding hydrogens is 543 g/mol. The first-order valence-corrected chi connectivity index (χ1v) is 18.9. The fourth-order valence-electron chi connectivity index (χ4n) is 5.40. The first kappa shape index (κ1) is 46.0. The van der Waals surface area contributed by atoms with Crippen molar-refractivity contribution in [2.75, 3.05) is 0 Å². The van der Waals surface area contributed by atoms with Gasteiger partial charge in [-0.3, -0.25) is 15.4 Å². The van der Waals surface area contributed by atoms with Crippen molar-refractivity contribution in [3.63, 3.8) is 0 Å². The molecular formula is C34H69NaO5S. The normalized spacial score (nSPS) is 11.1. The molecule has 5 nitrogen and oxygen atoms in total. The minimum absolute atomic E-state index is 0. The van der Waals surface area contributed by atoms with Gasteiger partial charge in [0.2, 0.25) is 0 Å². The molecule has 0 atom stereocenters. The SMILES string of the molecule is CCCCCCCCCCCCCCCCCCCCCCCCCCCCCCCCC[C-]=O.O=S(=O)(O)O.[Na+]. The summed E-state index contributed by atoms with van der Waals surface area (Å²) in [6, 6.07) is 0. The molecule has 0 aliphatic rings. The van der Waals surface area contributed by atoms with Gasteiger partial charge in [0.25, 0.3) is 0 Å². The fraction of sp³-hybridized carbons (Fsp3) is 0.971. The average molecular weight is 613 g/mol. The van der Waals surface area contributed by atoms with Crippen molar-refractivity contribution >= 4 is 16.7 Å². The molecule has 41 heavy (non-hydrogen) atoms. The summed E-state index contributed by atoms with van der Waals surface area (Å²) in [5.74, 6) is 0. The van der Waals surface area contributed by atoms with Gasteiger partial charge in [0.1, 0.15) is 0 Å². The second-order valence-electron chi connectivity index (χ2n) is 11.9. The Morgan fingerprint density at radius 3 is 0.683 bits per heavy atom. The van der Waals surface area contributed by atoms with Crippen molar-refractivity contribution in [1.29, 1.82) is 0 Å². The molecule has 0 radical (unpaired) electrons. The Bertz CT molecular complexity index is 563. The van der Waals surface area contributed by atoms with Crippen molar-refractivity contribution in [2.24, 2.45) is 0 Å². The van der Waals surface area contributed by atoms with Gasteiger partial charge >= 0.3 is 40.0 Å². The van der Waals surface area contributed by atoms with Crippen LogP contribution in [0.5, 0.6) is 0 Å². The number of carbonyl (C=O) groups excluding carboxylic acids is 1. The third-order valence-electron chi connectivity index (χ3n) is 7.88. The zero-order valence-electron chi connectivity index (χ0n) is 27.7. The van der Waals surface area contributed by atoms with Gasteiger partial charge in [-0.05, 0) is 0 Å². The summed E-state index contributed by atoms with van der Waals surface area (Å²) in [6.45, 7) is 2.30. The van der Waals surface area contributed by atoms with Crippen molar-refractivity contribution in [3.8, 4) is 0 Å². The Morgan fingerprint density at radius 1 is 0.390 bits per heavy atom. The topological polar surface area (TPSA) is 91.7 Å². The molecule has 0 rings (SSSR count). The van der Waals surface area contributed by atoms with Crippen LogP contribution >= 0.6 is 0 Å². The fourth-order valence-corrected chi connectivity index (χ4v) is 5.40.